The molecular weight excluding hydrogens is 542 g/mol. The number of benzene rings is 3. The normalized spacial score (nSPS) is 11.0. The summed E-state index contributed by atoms with van der Waals surface area (Å²) in [4.78, 5) is 45.0. The minimum Gasteiger partial charge on any atom is -0.462 e. The van der Waals surface area contributed by atoms with Gasteiger partial charge in [-0.2, -0.15) is 0 Å². The van der Waals surface area contributed by atoms with Gasteiger partial charge in [-0.1, -0.05) is 60.3 Å². The van der Waals surface area contributed by atoms with Crippen molar-refractivity contribution >= 4 is 50.9 Å². The lowest BCUT2D eigenvalue weighted by Gasteiger charge is -2.14. The predicted molar refractivity (Wildman–Crippen MR) is 162 cm³/mol. The Bertz CT molecular complexity index is 1780. The Morgan fingerprint density at radius 1 is 0.975 bits per heavy atom. The Hall–Kier alpha value is -4.21. The first-order chi connectivity index (χ1) is 19.4. The number of aromatic nitrogens is 2. The van der Waals surface area contributed by atoms with Gasteiger partial charge in [-0.25, -0.2) is 9.78 Å². The van der Waals surface area contributed by atoms with Gasteiger partial charge in [-0.15, -0.1) is 11.3 Å². The SMILES string of the molecule is CCOC(=O)c1cc(-c2ccccc2)sc1NC(=O)CSc1nc2ccccc2c(=O)n1-c1ccc(C)c(C)c1. The van der Waals surface area contributed by atoms with Gasteiger partial charge in [0.25, 0.3) is 5.56 Å². The average molecular weight is 570 g/mol. The number of rotatable bonds is 8. The van der Waals surface area contributed by atoms with E-state index in [4.69, 9.17) is 9.72 Å². The van der Waals surface area contributed by atoms with Crippen molar-refractivity contribution < 1.29 is 14.3 Å². The molecular formula is C31H27N3O4S2. The Morgan fingerprint density at radius 2 is 1.73 bits per heavy atom. The molecule has 0 atom stereocenters. The number of hydrogen-bond acceptors (Lipinski definition) is 7. The lowest BCUT2D eigenvalue weighted by molar-refractivity contribution is -0.113. The molecule has 3 aromatic carbocycles. The van der Waals surface area contributed by atoms with E-state index in [1.165, 1.54) is 11.3 Å². The van der Waals surface area contributed by atoms with E-state index in [0.29, 0.717) is 32.3 Å². The fraction of sp³-hybridized carbons (Fsp3) is 0.161. The van der Waals surface area contributed by atoms with E-state index in [0.717, 1.165) is 33.3 Å². The monoisotopic (exact) mass is 569 g/mol. The van der Waals surface area contributed by atoms with Crippen LogP contribution in [0, 0.1) is 13.8 Å². The Morgan fingerprint density at radius 3 is 2.48 bits per heavy atom. The van der Waals surface area contributed by atoms with Crippen molar-refractivity contribution in [2.45, 2.75) is 25.9 Å². The number of nitrogens with one attached hydrogen (secondary N) is 1. The van der Waals surface area contributed by atoms with Crippen molar-refractivity contribution in [1.82, 2.24) is 9.55 Å². The van der Waals surface area contributed by atoms with E-state index in [-0.39, 0.29) is 23.8 Å². The van der Waals surface area contributed by atoms with Crippen LogP contribution in [0.25, 0.3) is 27.0 Å². The summed E-state index contributed by atoms with van der Waals surface area (Å²) in [6, 6.07) is 24.3. The number of carbonyl (C=O) groups excluding carboxylic acids is 2. The zero-order chi connectivity index (χ0) is 28.2. The molecule has 9 heteroatoms. The van der Waals surface area contributed by atoms with Crippen molar-refractivity contribution in [2.24, 2.45) is 0 Å². The highest BCUT2D eigenvalue weighted by Gasteiger charge is 2.21. The second-order valence-electron chi connectivity index (χ2n) is 9.10. The van der Waals surface area contributed by atoms with E-state index in [1.807, 2.05) is 74.5 Å². The third-order valence-electron chi connectivity index (χ3n) is 6.36. The van der Waals surface area contributed by atoms with Crippen LogP contribution in [0.4, 0.5) is 5.00 Å². The summed E-state index contributed by atoms with van der Waals surface area (Å²) in [6.45, 7) is 5.97. The molecule has 0 fully saturated rings. The molecule has 1 amide bonds. The van der Waals surface area contributed by atoms with Crippen LogP contribution in [-0.4, -0.2) is 33.8 Å². The van der Waals surface area contributed by atoms with Gasteiger partial charge in [0.2, 0.25) is 5.91 Å². The van der Waals surface area contributed by atoms with Gasteiger partial charge < -0.3 is 10.1 Å². The maximum Gasteiger partial charge on any atom is 0.341 e. The van der Waals surface area contributed by atoms with Crippen LogP contribution in [0.1, 0.15) is 28.4 Å². The minimum absolute atomic E-state index is 0.0174. The molecule has 0 unspecified atom stereocenters. The average Bonchev–Trinajstić information content (AvgIpc) is 3.38. The molecule has 0 bridgehead atoms. The highest BCUT2D eigenvalue weighted by molar-refractivity contribution is 7.99. The first-order valence-electron chi connectivity index (χ1n) is 12.7. The summed E-state index contributed by atoms with van der Waals surface area (Å²) in [6.07, 6.45) is 0. The van der Waals surface area contributed by atoms with Crippen molar-refractivity contribution in [3.8, 4) is 16.1 Å². The summed E-state index contributed by atoms with van der Waals surface area (Å²) in [5.74, 6) is -0.842. The number of amides is 1. The maximum absolute atomic E-state index is 13.6. The molecule has 0 saturated heterocycles. The van der Waals surface area contributed by atoms with E-state index < -0.39 is 5.97 Å². The van der Waals surface area contributed by atoms with Crippen molar-refractivity contribution in [2.75, 3.05) is 17.7 Å². The number of fused-ring (bicyclic) bond motifs is 1. The molecule has 5 aromatic rings. The number of hydrogen-bond donors (Lipinski definition) is 1. The maximum atomic E-state index is 13.6. The second kappa shape index (κ2) is 11.9. The first kappa shape index (κ1) is 27.4. The minimum atomic E-state index is -0.497. The third kappa shape index (κ3) is 5.71. The Kier molecular flexibility index (Phi) is 8.14. The largest absolute Gasteiger partial charge is 0.462 e. The van der Waals surface area contributed by atoms with E-state index in [2.05, 4.69) is 5.32 Å². The zero-order valence-electron chi connectivity index (χ0n) is 22.3. The van der Waals surface area contributed by atoms with Gasteiger partial charge in [0.15, 0.2) is 5.16 Å². The summed E-state index contributed by atoms with van der Waals surface area (Å²) in [7, 11) is 0. The molecule has 202 valence electrons. The lowest BCUT2D eigenvalue weighted by atomic mass is 10.1. The number of anilines is 1. The third-order valence-corrected chi connectivity index (χ3v) is 8.40. The van der Waals surface area contributed by atoms with Crippen LogP contribution in [0.3, 0.4) is 0 Å². The highest BCUT2D eigenvalue weighted by Crippen LogP contribution is 2.36. The van der Waals surface area contributed by atoms with E-state index in [9.17, 15) is 14.4 Å². The van der Waals surface area contributed by atoms with Crippen LogP contribution >= 0.6 is 23.1 Å². The summed E-state index contributed by atoms with van der Waals surface area (Å²) in [5, 5.41) is 4.21. The second-order valence-corrected chi connectivity index (χ2v) is 11.1. The van der Waals surface area contributed by atoms with Gasteiger partial charge in [-0.05, 0) is 67.8 Å². The number of para-hydroxylation sites is 1. The molecule has 0 saturated carbocycles. The molecule has 0 radical (unpaired) electrons. The predicted octanol–water partition coefficient (Wildman–Crippen LogP) is 6.64. The molecule has 5 rings (SSSR count). The van der Waals surface area contributed by atoms with Crippen molar-refractivity contribution in [3.05, 3.63) is 106 Å². The van der Waals surface area contributed by atoms with Crippen LogP contribution in [0.5, 0.6) is 0 Å². The number of thioether (sulfide) groups is 1. The fourth-order valence-electron chi connectivity index (χ4n) is 4.18. The van der Waals surface area contributed by atoms with Crippen molar-refractivity contribution in [3.63, 3.8) is 0 Å². The van der Waals surface area contributed by atoms with Gasteiger partial charge in [0.05, 0.1) is 34.5 Å². The standard InChI is InChI=1S/C31H27N3O4S2/c1-4-38-30(37)24-17-26(21-10-6-5-7-11-21)40-28(24)33-27(35)18-39-31-32-25-13-9-8-12-23(25)29(36)34(31)22-15-14-19(2)20(3)16-22/h5-17H,4,18H2,1-3H3,(H,33,35). The molecule has 0 aliphatic rings. The molecule has 2 aromatic heterocycles. The molecule has 1 N–H and O–H groups in total. The van der Waals surface area contributed by atoms with Gasteiger partial charge >= 0.3 is 5.97 Å². The lowest BCUT2D eigenvalue weighted by Crippen LogP contribution is -2.23. The van der Waals surface area contributed by atoms with E-state index >= 15 is 0 Å². The molecule has 0 spiro atoms. The zero-order valence-corrected chi connectivity index (χ0v) is 23.9. The van der Waals surface area contributed by atoms with Crippen LogP contribution in [0.15, 0.2) is 88.8 Å². The van der Waals surface area contributed by atoms with E-state index in [1.54, 1.807) is 29.7 Å². The number of thiophene rings is 1. The number of aryl methyl sites for hydroxylation is 2. The molecule has 0 aliphatic carbocycles. The molecule has 2 heterocycles. The fourth-order valence-corrected chi connectivity index (χ4v) is 6.06. The molecule has 7 nitrogen and oxygen atoms in total. The van der Waals surface area contributed by atoms with Gasteiger partial charge in [0.1, 0.15) is 5.00 Å². The number of carbonyl (C=O) groups is 2. The number of ether oxygens (including phenoxy) is 1. The number of esters is 1. The number of nitrogens with zero attached hydrogens (tertiary/aromatic N) is 2. The topological polar surface area (TPSA) is 90.3 Å². The first-order valence-corrected chi connectivity index (χ1v) is 14.5. The van der Waals surface area contributed by atoms with Crippen LogP contribution < -0.4 is 10.9 Å². The summed E-state index contributed by atoms with van der Waals surface area (Å²) in [5.41, 5.74) is 4.44. The quantitative estimate of drug-likeness (QED) is 0.128. The van der Waals surface area contributed by atoms with Crippen LogP contribution in [0.2, 0.25) is 0 Å². The van der Waals surface area contributed by atoms with Crippen LogP contribution in [-0.2, 0) is 9.53 Å². The molecule has 40 heavy (non-hydrogen) atoms. The Balaban J connectivity index is 1.45. The highest BCUT2D eigenvalue weighted by atomic mass is 32.2. The summed E-state index contributed by atoms with van der Waals surface area (Å²) >= 11 is 2.48. The van der Waals surface area contributed by atoms with Crippen molar-refractivity contribution in [1.29, 1.82) is 0 Å². The Labute approximate surface area is 239 Å². The van der Waals surface area contributed by atoms with Gasteiger partial charge in [0, 0.05) is 4.88 Å². The van der Waals surface area contributed by atoms with Gasteiger partial charge in [-0.3, -0.25) is 14.2 Å². The summed E-state index contributed by atoms with van der Waals surface area (Å²) < 4.78 is 6.78. The molecule has 0 aliphatic heterocycles. The smallest absolute Gasteiger partial charge is 0.341 e.